The number of ketones is 1. The lowest BCUT2D eigenvalue weighted by Gasteiger charge is -2.43. The quantitative estimate of drug-likeness (QED) is 0.122. The molecule has 1 N–H and O–H groups in total. The second-order valence-corrected chi connectivity index (χ2v) is 12.8. The van der Waals surface area contributed by atoms with Crippen molar-refractivity contribution < 1.29 is 33.6 Å². The van der Waals surface area contributed by atoms with E-state index in [-0.39, 0.29) is 36.9 Å². The standard InChI is InChI=1S/C45H40O7/c1-32(46)45(51-31-36-20-12-5-13-21-36)27-39-41(49-29-34-16-8-3-9-17-34)25-38(48-28-33-14-6-2-7-15-33)26-42(39)52-44(45)37-22-23-40(47)43(24-37)50-30-35-18-10-4-11-19-35/h2-26,44,47H,27-31H2,1H3. The number of hydrogen-bond acceptors (Lipinski definition) is 7. The van der Waals surface area contributed by atoms with Gasteiger partial charge >= 0.3 is 0 Å². The van der Waals surface area contributed by atoms with Gasteiger partial charge in [-0.3, -0.25) is 4.79 Å². The molecule has 2 atom stereocenters. The van der Waals surface area contributed by atoms with Crippen molar-refractivity contribution in [2.75, 3.05) is 0 Å². The Hall–Kier alpha value is -6.05. The van der Waals surface area contributed by atoms with Gasteiger partial charge in [-0.15, -0.1) is 0 Å². The number of Topliss-reactive ketones (excluding diaryl/α,β-unsaturated/α-hetero) is 1. The fourth-order valence-electron chi connectivity index (χ4n) is 6.35. The summed E-state index contributed by atoms with van der Waals surface area (Å²) in [4.78, 5) is 14.1. The van der Waals surface area contributed by atoms with Gasteiger partial charge in [0.1, 0.15) is 37.1 Å². The minimum Gasteiger partial charge on any atom is -0.504 e. The third-order valence-corrected chi connectivity index (χ3v) is 9.19. The molecular formula is C45H40O7. The summed E-state index contributed by atoms with van der Waals surface area (Å²) in [6.45, 7) is 2.60. The van der Waals surface area contributed by atoms with Crippen LogP contribution in [0.15, 0.2) is 152 Å². The molecule has 7 heteroatoms. The molecule has 262 valence electrons. The van der Waals surface area contributed by atoms with Crippen LogP contribution in [-0.4, -0.2) is 16.5 Å². The fraction of sp³-hybridized carbons (Fsp3) is 0.178. The van der Waals surface area contributed by atoms with Crippen LogP contribution in [0.3, 0.4) is 0 Å². The van der Waals surface area contributed by atoms with E-state index in [0.717, 1.165) is 22.3 Å². The molecular weight excluding hydrogens is 652 g/mol. The largest absolute Gasteiger partial charge is 0.504 e. The third-order valence-electron chi connectivity index (χ3n) is 9.19. The summed E-state index contributed by atoms with van der Waals surface area (Å²) in [5.74, 6) is 1.64. The summed E-state index contributed by atoms with van der Waals surface area (Å²) in [5, 5.41) is 10.8. The van der Waals surface area contributed by atoms with Gasteiger partial charge in [0, 0.05) is 24.1 Å². The lowest BCUT2D eigenvalue weighted by atomic mass is 9.79. The second kappa shape index (κ2) is 15.9. The molecule has 0 fully saturated rings. The molecule has 6 aromatic carbocycles. The lowest BCUT2D eigenvalue weighted by Crippen LogP contribution is -2.52. The Bertz CT molecular complexity index is 2090. The van der Waals surface area contributed by atoms with Gasteiger partial charge in [-0.2, -0.15) is 0 Å². The SMILES string of the molecule is CC(=O)C1(OCc2ccccc2)Cc2c(OCc3ccccc3)cc(OCc3ccccc3)cc2OC1c1ccc(O)c(OCc2ccccc2)c1. The number of fused-ring (bicyclic) bond motifs is 1. The van der Waals surface area contributed by atoms with Crippen molar-refractivity contribution in [1.82, 2.24) is 0 Å². The molecule has 1 heterocycles. The van der Waals surface area contributed by atoms with Crippen molar-refractivity contribution in [2.45, 2.75) is 51.5 Å². The monoisotopic (exact) mass is 692 g/mol. The van der Waals surface area contributed by atoms with E-state index in [1.807, 2.05) is 133 Å². The molecule has 2 unspecified atom stereocenters. The first-order valence-electron chi connectivity index (χ1n) is 17.3. The predicted octanol–water partition coefficient (Wildman–Crippen LogP) is 9.35. The topological polar surface area (TPSA) is 83.5 Å². The van der Waals surface area contributed by atoms with Gasteiger partial charge in [0.05, 0.1) is 6.61 Å². The molecule has 0 saturated heterocycles. The van der Waals surface area contributed by atoms with Gasteiger partial charge in [-0.25, -0.2) is 0 Å². The Morgan fingerprint density at radius 2 is 1.13 bits per heavy atom. The van der Waals surface area contributed by atoms with Crippen LogP contribution >= 0.6 is 0 Å². The van der Waals surface area contributed by atoms with Crippen molar-refractivity contribution in [3.8, 4) is 28.7 Å². The Labute approximate surface area is 304 Å². The Morgan fingerprint density at radius 3 is 1.67 bits per heavy atom. The normalized spacial score (nSPS) is 16.3. The van der Waals surface area contributed by atoms with Crippen LogP contribution < -0.4 is 18.9 Å². The highest BCUT2D eigenvalue weighted by molar-refractivity contribution is 5.87. The van der Waals surface area contributed by atoms with Crippen LogP contribution in [0, 0.1) is 0 Å². The van der Waals surface area contributed by atoms with Crippen LogP contribution in [0.25, 0.3) is 0 Å². The van der Waals surface area contributed by atoms with Crippen LogP contribution in [0.4, 0.5) is 0 Å². The molecule has 0 spiro atoms. The van der Waals surface area contributed by atoms with Crippen LogP contribution in [-0.2, 0) is 42.4 Å². The first-order chi connectivity index (χ1) is 25.5. The molecule has 0 amide bonds. The number of benzene rings is 6. The molecule has 0 bridgehead atoms. The third kappa shape index (κ3) is 7.96. The number of phenols is 1. The zero-order valence-corrected chi connectivity index (χ0v) is 28.9. The minimum atomic E-state index is -1.46. The van der Waals surface area contributed by atoms with E-state index in [1.165, 1.54) is 6.92 Å². The molecule has 7 nitrogen and oxygen atoms in total. The number of aromatic hydroxyl groups is 1. The Morgan fingerprint density at radius 1 is 0.635 bits per heavy atom. The van der Waals surface area contributed by atoms with Gasteiger partial charge < -0.3 is 28.8 Å². The summed E-state index contributed by atoms with van der Waals surface area (Å²) in [6, 6.07) is 48.0. The van der Waals surface area contributed by atoms with Crippen LogP contribution in [0.1, 0.15) is 46.4 Å². The van der Waals surface area contributed by atoms with Gasteiger partial charge in [0.2, 0.25) is 0 Å². The highest BCUT2D eigenvalue weighted by atomic mass is 16.6. The summed E-state index contributed by atoms with van der Waals surface area (Å²) >= 11 is 0. The van der Waals surface area contributed by atoms with Crippen molar-refractivity contribution >= 4 is 5.78 Å². The van der Waals surface area contributed by atoms with Crippen molar-refractivity contribution in [3.63, 3.8) is 0 Å². The molecule has 0 aliphatic carbocycles. The smallest absolute Gasteiger partial charge is 0.171 e. The molecule has 0 radical (unpaired) electrons. The zero-order chi connectivity index (χ0) is 35.8. The maximum absolute atomic E-state index is 14.1. The summed E-state index contributed by atoms with van der Waals surface area (Å²) < 4.78 is 32.5. The van der Waals surface area contributed by atoms with Crippen molar-refractivity contribution in [2.24, 2.45) is 0 Å². The molecule has 7 rings (SSSR count). The number of carbonyl (C=O) groups is 1. The van der Waals surface area contributed by atoms with E-state index in [9.17, 15) is 9.90 Å². The average Bonchev–Trinajstić information content (AvgIpc) is 3.19. The van der Waals surface area contributed by atoms with E-state index < -0.39 is 11.7 Å². The Kier molecular flexibility index (Phi) is 10.5. The van der Waals surface area contributed by atoms with Gasteiger partial charge in [0.15, 0.2) is 29.0 Å². The van der Waals surface area contributed by atoms with Gasteiger partial charge in [-0.05, 0) is 46.9 Å². The first-order valence-corrected chi connectivity index (χ1v) is 17.3. The number of carbonyl (C=O) groups excluding carboxylic acids is 1. The van der Waals surface area contributed by atoms with E-state index in [1.54, 1.807) is 18.2 Å². The fourth-order valence-corrected chi connectivity index (χ4v) is 6.35. The predicted molar refractivity (Wildman–Crippen MR) is 199 cm³/mol. The van der Waals surface area contributed by atoms with Crippen LogP contribution in [0.5, 0.6) is 28.7 Å². The maximum Gasteiger partial charge on any atom is 0.171 e. The number of hydrogen-bond donors (Lipinski definition) is 1. The minimum absolute atomic E-state index is 0.0253. The maximum atomic E-state index is 14.1. The number of rotatable bonds is 14. The summed E-state index contributed by atoms with van der Waals surface area (Å²) in [7, 11) is 0. The molecule has 0 saturated carbocycles. The van der Waals surface area contributed by atoms with Gasteiger partial charge in [0.25, 0.3) is 0 Å². The number of phenolic OH excluding ortho intramolecular Hbond substituents is 1. The van der Waals surface area contributed by atoms with E-state index in [2.05, 4.69) is 0 Å². The summed E-state index contributed by atoms with van der Waals surface area (Å²) in [6.07, 6.45) is -0.744. The molecule has 1 aliphatic heterocycles. The molecule has 0 aromatic heterocycles. The highest BCUT2D eigenvalue weighted by Gasteiger charge is 2.52. The molecule has 52 heavy (non-hydrogen) atoms. The highest BCUT2D eigenvalue weighted by Crippen LogP contribution is 2.50. The summed E-state index contributed by atoms with van der Waals surface area (Å²) in [5.41, 5.74) is 3.71. The van der Waals surface area contributed by atoms with Crippen molar-refractivity contribution in [3.05, 3.63) is 185 Å². The molecule has 6 aromatic rings. The number of ether oxygens (including phenoxy) is 5. The van der Waals surface area contributed by atoms with E-state index in [0.29, 0.717) is 41.6 Å². The average molecular weight is 693 g/mol. The van der Waals surface area contributed by atoms with Crippen LogP contribution in [0.2, 0.25) is 0 Å². The lowest BCUT2D eigenvalue weighted by molar-refractivity contribution is -0.165. The zero-order valence-electron chi connectivity index (χ0n) is 28.9. The van der Waals surface area contributed by atoms with E-state index >= 15 is 0 Å². The van der Waals surface area contributed by atoms with Crippen molar-refractivity contribution in [1.29, 1.82) is 0 Å². The van der Waals surface area contributed by atoms with Gasteiger partial charge in [-0.1, -0.05) is 127 Å². The van der Waals surface area contributed by atoms with E-state index in [4.69, 9.17) is 23.7 Å². The molecule has 1 aliphatic rings. The Balaban J connectivity index is 1.29. The first kappa shape index (κ1) is 34.4. The second-order valence-electron chi connectivity index (χ2n) is 12.8.